The minimum absolute atomic E-state index is 0.0401. The van der Waals surface area contributed by atoms with Gasteiger partial charge in [0.2, 0.25) is 0 Å². The minimum Gasteiger partial charge on any atom is -0.373 e. The third-order valence-electron chi connectivity index (χ3n) is 2.69. The molecule has 0 radical (unpaired) electrons. The normalized spacial score (nSPS) is 15.2. The maximum Gasteiger partial charge on any atom is 0.254 e. The Balaban J connectivity index is 2.24. The van der Waals surface area contributed by atoms with Crippen molar-refractivity contribution in [2.24, 2.45) is 0 Å². The second-order valence-electron chi connectivity index (χ2n) is 3.81. The first kappa shape index (κ1) is 11.2. The topological polar surface area (TPSA) is 45.2 Å². The first-order valence-electron chi connectivity index (χ1n) is 5.35. The summed E-state index contributed by atoms with van der Waals surface area (Å²) in [5, 5.41) is 3.23. The summed E-state index contributed by atoms with van der Waals surface area (Å²) in [6.07, 6.45) is 2.17. The number of likely N-dealkylation sites (tertiary alicyclic amines) is 1. The molecule has 0 saturated carbocycles. The maximum atomic E-state index is 12.1. The first-order valence-corrected chi connectivity index (χ1v) is 5.73. The van der Waals surface area contributed by atoms with Gasteiger partial charge in [0.25, 0.3) is 5.91 Å². The molecule has 4 nitrogen and oxygen atoms in total. The molecular formula is C11H14ClN3O. The standard InChI is InChI=1S/C11H14ClN3O/c1-13-10-7-8(6-9(12)14-10)11(16)15-4-2-3-5-15/h6-7H,2-5H2,1H3,(H,13,14). The number of nitrogens with one attached hydrogen (secondary N) is 1. The van der Waals surface area contributed by atoms with Crippen LogP contribution in [-0.4, -0.2) is 35.9 Å². The zero-order valence-corrected chi connectivity index (χ0v) is 9.92. The van der Waals surface area contributed by atoms with E-state index < -0.39 is 0 Å². The molecule has 1 aromatic rings. The molecule has 1 amide bonds. The Morgan fingerprint density at radius 1 is 1.44 bits per heavy atom. The fourth-order valence-electron chi connectivity index (χ4n) is 1.85. The van der Waals surface area contributed by atoms with Gasteiger partial charge in [-0.15, -0.1) is 0 Å². The van der Waals surface area contributed by atoms with Crippen molar-refractivity contribution in [2.45, 2.75) is 12.8 Å². The predicted molar refractivity (Wildman–Crippen MR) is 63.9 cm³/mol. The lowest BCUT2D eigenvalue weighted by Gasteiger charge is -2.15. The highest BCUT2D eigenvalue weighted by Gasteiger charge is 2.20. The van der Waals surface area contributed by atoms with Crippen LogP contribution in [0.3, 0.4) is 0 Å². The van der Waals surface area contributed by atoms with Gasteiger partial charge in [0.15, 0.2) is 0 Å². The van der Waals surface area contributed by atoms with Crippen LogP contribution in [-0.2, 0) is 0 Å². The number of amides is 1. The summed E-state index contributed by atoms with van der Waals surface area (Å²) < 4.78 is 0. The van der Waals surface area contributed by atoms with Crippen LogP contribution >= 0.6 is 11.6 Å². The molecule has 16 heavy (non-hydrogen) atoms. The van der Waals surface area contributed by atoms with E-state index in [9.17, 15) is 4.79 Å². The minimum atomic E-state index is 0.0401. The molecule has 1 saturated heterocycles. The molecule has 5 heteroatoms. The summed E-state index contributed by atoms with van der Waals surface area (Å²) in [7, 11) is 1.75. The third-order valence-corrected chi connectivity index (χ3v) is 2.88. The average Bonchev–Trinajstić information content (AvgIpc) is 2.80. The van der Waals surface area contributed by atoms with Gasteiger partial charge < -0.3 is 10.2 Å². The van der Waals surface area contributed by atoms with Crippen molar-refractivity contribution in [3.63, 3.8) is 0 Å². The number of nitrogens with zero attached hydrogens (tertiary/aromatic N) is 2. The highest BCUT2D eigenvalue weighted by molar-refractivity contribution is 6.29. The molecule has 1 aromatic heterocycles. The van der Waals surface area contributed by atoms with Crippen LogP contribution in [0.4, 0.5) is 5.82 Å². The molecule has 1 aliphatic heterocycles. The lowest BCUT2D eigenvalue weighted by molar-refractivity contribution is 0.0793. The number of hydrogen-bond acceptors (Lipinski definition) is 3. The van der Waals surface area contributed by atoms with E-state index in [2.05, 4.69) is 10.3 Å². The van der Waals surface area contributed by atoms with Gasteiger partial charge in [-0.05, 0) is 25.0 Å². The molecule has 0 bridgehead atoms. The number of aromatic nitrogens is 1. The van der Waals surface area contributed by atoms with E-state index in [-0.39, 0.29) is 5.91 Å². The molecule has 1 N–H and O–H groups in total. The van der Waals surface area contributed by atoms with Crippen LogP contribution in [0, 0.1) is 0 Å². The summed E-state index contributed by atoms with van der Waals surface area (Å²) in [5.74, 6) is 0.661. The second kappa shape index (κ2) is 4.70. The number of halogens is 1. The van der Waals surface area contributed by atoms with Gasteiger partial charge in [-0.25, -0.2) is 4.98 Å². The molecule has 86 valence electrons. The lowest BCUT2D eigenvalue weighted by atomic mass is 10.2. The summed E-state index contributed by atoms with van der Waals surface area (Å²) in [6.45, 7) is 1.68. The smallest absolute Gasteiger partial charge is 0.254 e. The molecule has 2 heterocycles. The van der Waals surface area contributed by atoms with E-state index in [0.29, 0.717) is 16.5 Å². The Hall–Kier alpha value is -1.29. The number of hydrogen-bond donors (Lipinski definition) is 1. The summed E-state index contributed by atoms with van der Waals surface area (Å²) in [6, 6.07) is 3.34. The molecule has 2 rings (SSSR count). The van der Waals surface area contributed by atoms with Crippen molar-refractivity contribution in [2.75, 3.05) is 25.5 Å². The third kappa shape index (κ3) is 2.27. The number of anilines is 1. The van der Waals surface area contributed by atoms with Crippen LogP contribution in [0.25, 0.3) is 0 Å². The Labute approximate surface area is 99.6 Å². The van der Waals surface area contributed by atoms with E-state index in [1.807, 2.05) is 4.90 Å². The van der Waals surface area contributed by atoms with Gasteiger partial charge in [0, 0.05) is 25.7 Å². The lowest BCUT2D eigenvalue weighted by Crippen LogP contribution is -2.27. The van der Waals surface area contributed by atoms with E-state index in [1.165, 1.54) is 0 Å². The second-order valence-corrected chi connectivity index (χ2v) is 4.20. The van der Waals surface area contributed by atoms with Crippen LogP contribution < -0.4 is 5.32 Å². The Bertz CT molecular complexity index is 402. The summed E-state index contributed by atoms with van der Waals surface area (Å²) >= 11 is 5.86. The Morgan fingerprint density at radius 3 is 2.75 bits per heavy atom. The summed E-state index contributed by atoms with van der Waals surface area (Å²) in [5.41, 5.74) is 0.603. The molecule has 0 atom stereocenters. The van der Waals surface area contributed by atoms with Gasteiger partial charge in [-0.3, -0.25) is 4.79 Å². The van der Waals surface area contributed by atoms with Gasteiger partial charge in [-0.2, -0.15) is 0 Å². The Morgan fingerprint density at radius 2 is 2.12 bits per heavy atom. The van der Waals surface area contributed by atoms with Gasteiger partial charge in [0.05, 0.1) is 0 Å². The van der Waals surface area contributed by atoms with E-state index in [1.54, 1.807) is 19.2 Å². The first-order chi connectivity index (χ1) is 7.70. The fraction of sp³-hybridized carbons (Fsp3) is 0.455. The number of carbonyl (C=O) groups excluding carboxylic acids is 1. The van der Waals surface area contributed by atoms with Crippen LogP contribution in [0.1, 0.15) is 23.2 Å². The fourth-order valence-corrected chi connectivity index (χ4v) is 2.06. The van der Waals surface area contributed by atoms with Crippen molar-refractivity contribution in [3.05, 3.63) is 22.8 Å². The zero-order chi connectivity index (χ0) is 11.5. The molecule has 1 fully saturated rings. The zero-order valence-electron chi connectivity index (χ0n) is 9.16. The van der Waals surface area contributed by atoms with Crippen molar-refractivity contribution in [1.82, 2.24) is 9.88 Å². The molecule has 1 aliphatic rings. The highest BCUT2D eigenvalue weighted by atomic mass is 35.5. The Kier molecular flexibility index (Phi) is 3.29. The van der Waals surface area contributed by atoms with Crippen molar-refractivity contribution < 1.29 is 4.79 Å². The molecular weight excluding hydrogens is 226 g/mol. The van der Waals surface area contributed by atoms with Crippen LogP contribution in [0.15, 0.2) is 12.1 Å². The predicted octanol–water partition coefficient (Wildman–Crippen LogP) is 2.01. The van der Waals surface area contributed by atoms with Crippen molar-refractivity contribution >= 4 is 23.3 Å². The monoisotopic (exact) mass is 239 g/mol. The number of carbonyl (C=O) groups is 1. The average molecular weight is 240 g/mol. The largest absolute Gasteiger partial charge is 0.373 e. The highest BCUT2D eigenvalue weighted by Crippen LogP contribution is 2.18. The maximum absolute atomic E-state index is 12.1. The van der Waals surface area contributed by atoms with E-state index >= 15 is 0 Å². The molecule has 0 aromatic carbocycles. The number of pyridine rings is 1. The van der Waals surface area contributed by atoms with Crippen molar-refractivity contribution in [1.29, 1.82) is 0 Å². The summed E-state index contributed by atoms with van der Waals surface area (Å²) in [4.78, 5) is 18.0. The van der Waals surface area contributed by atoms with E-state index in [0.717, 1.165) is 25.9 Å². The van der Waals surface area contributed by atoms with E-state index in [4.69, 9.17) is 11.6 Å². The van der Waals surface area contributed by atoms with Gasteiger partial charge in [-0.1, -0.05) is 11.6 Å². The molecule has 0 unspecified atom stereocenters. The number of rotatable bonds is 2. The quantitative estimate of drug-likeness (QED) is 0.803. The van der Waals surface area contributed by atoms with Gasteiger partial charge >= 0.3 is 0 Å². The van der Waals surface area contributed by atoms with Crippen LogP contribution in [0.2, 0.25) is 5.15 Å². The SMILES string of the molecule is CNc1cc(C(=O)N2CCCC2)cc(Cl)n1. The van der Waals surface area contributed by atoms with Gasteiger partial charge in [0.1, 0.15) is 11.0 Å². The van der Waals surface area contributed by atoms with Crippen LogP contribution in [0.5, 0.6) is 0 Å². The molecule has 0 aliphatic carbocycles. The molecule has 0 spiro atoms. The van der Waals surface area contributed by atoms with Crippen molar-refractivity contribution in [3.8, 4) is 0 Å².